The molecule has 0 aromatic heterocycles. The molecule has 0 radical (unpaired) electrons. The molecule has 0 spiro atoms. The van der Waals surface area contributed by atoms with Crippen molar-refractivity contribution in [2.75, 3.05) is 13.7 Å². The molecule has 0 aliphatic rings. The number of hydrogen-bond donors (Lipinski definition) is 2. The fourth-order valence-corrected chi connectivity index (χ4v) is 1.69. The maximum atomic E-state index is 11.4. The number of ether oxygens (including phenoxy) is 1. The minimum absolute atomic E-state index is 0.0600. The second kappa shape index (κ2) is 7.79. The van der Waals surface area contributed by atoms with Crippen LogP contribution in [0.3, 0.4) is 0 Å². The van der Waals surface area contributed by atoms with Gasteiger partial charge in [0.1, 0.15) is 5.75 Å². The minimum atomic E-state index is -0.0946. The van der Waals surface area contributed by atoms with E-state index in [2.05, 4.69) is 17.6 Å². The number of benzene rings is 1. The molecule has 0 aliphatic heterocycles. The van der Waals surface area contributed by atoms with E-state index in [9.17, 15) is 4.79 Å². The Bertz CT molecular complexity index is 388. The van der Waals surface area contributed by atoms with Gasteiger partial charge < -0.3 is 15.4 Å². The van der Waals surface area contributed by atoms with Gasteiger partial charge >= 0.3 is 0 Å². The predicted octanol–water partition coefficient (Wildman–Crippen LogP) is 1.74. The molecule has 106 valence electrons. The van der Waals surface area contributed by atoms with E-state index >= 15 is 0 Å². The molecule has 1 aromatic rings. The van der Waals surface area contributed by atoms with Crippen LogP contribution in [-0.2, 0) is 11.2 Å². The summed E-state index contributed by atoms with van der Waals surface area (Å²) in [5.41, 5.74) is 1.25. The van der Waals surface area contributed by atoms with E-state index in [0.717, 1.165) is 12.2 Å². The van der Waals surface area contributed by atoms with Crippen LogP contribution in [0.5, 0.6) is 5.75 Å². The van der Waals surface area contributed by atoms with Crippen LogP contribution >= 0.6 is 0 Å². The van der Waals surface area contributed by atoms with Gasteiger partial charge in [0.25, 0.3) is 5.91 Å². The molecule has 1 amide bonds. The fraction of sp³-hybridized carbons (Fsp3) is 0.533. The van der Waals surface area contributed by atoms with E-state index < -0.39 is 0 Å². The summed E-state index contributed by atoms with van der Waals surface area (Å²) in [7, 11) is 1.95. The summed E-state index contributed by atoms with van der Waals surface area (Å²) in [6, 6.07) is 8.46. The van der Waals surface area contributed by atoms with E-state index in [-0.39, 0.29) is 18.6 Å². The first-order valence-electron chi connectivity index (χ1n) is 6.69. The summed E-state index contributed by atoms with van der Waals surface area (Å²) in [5, 5.41) is 5.99. The van der Waals surface area contributed by atoms with Crippen molar-refractivity contribution in [1.29, 1.82) is 0 Å². The van der Waals surface area contributed by atoms with Gasteiger partial charge in [-0.1, -0.05) is 12.1 Å². The SMILES string of the molecule is CNC(C)Cc1ccc(OCC(=O)NC(C)C)cc1. The largest absolute Gasteiger partial charge is 0.484 e. The number of amides is 1. The van der Waals surface area contributed by atoms with Crippen molar-refractivity contribution in [3.8, 4) is 5.75 Å². The first kappa shape index (κ1) is 15.5. The van der Waals surface area contributed by atoms with Crippen molar-refractivity contribution < 1.29 is 9.53 Å². The van der Waals surface area contributed by atoms with Crippen molar-refractivity contribution in [2.45, 2.75) is 39.3 Å². The molecule has 0 heterocycles. The molecule has 0 aliphatic carbocycles. The zero-order chi connectivity index (χ0) is 14.3. The lowest BCUT2D eigenvalue weighted by molar-refractivity contribution is -0.123. The topological polar surface area (TPSA) is 50.4 Å². The van der Waals surface area contributed by atoms with Gasteiger partial charge in [0.2, 0.25) is 0 Å². The summed E-state index contributed by atoms with van der Waals surface area (Å²) in [6.07, 6.45) is 0.977. The second-order valence-corrected chi connectivity index (χ2v) is 5.05. The van der Waals surface area contributed by atoms with Gasteiger partial charge in [-0.25, -0.2) is 0 Å². The molecule has 1 unspecified atom stereocenters. The van der Waals surface area contributed by atoms with Crippen molar-refractivity contribution in [3.63, 3.8) is 0 Å². The van der Waals surface area contributed by atoms with Gasteiger partial charge in [-0.3, -0.25) is 4.79 Å². The zero-order valence-corrected chi connectivity index (χ0v) is 12.2. The van der Waals surface area contributed by atoms with E-state index in [1.54, 1.807) is 0 Å². The third-order valence-electron chi connectivity index (χ3n) is 2.78. The van der Waals surface area contributed by atoms with Crippen LogP contribution in [0.4, 0.5) is 0 Å². The van der Waals surface area contributed by atoms with Crippen LogP contribution in [0.2, 0.25) is 0 Å². The van der Waals surface area contributed by atoms with E-state index in [0.29, 0.717) is 6.04 Å². The number of likely N-dealkylation sites (N-methyl/N-ethyl adjacent to an activating group) is 1. The standard InChI is InChI=1S/C15H24N2O2/c1-11(2)17-15(18)10-19-14-7-5-13(6-8-14)9-12(3)16-4/h5-8,11-12,16H,9-10H2,1-4H3,(H,17,18). The Morgan fingerprint density at radius 2 is 1.84 bits per heavy atom. The van der Waals surface area contributed by atoms with Gasteiger partial charge in [-0.2, -0.15) is 0 Å². The molecule has 1 aromatic carbocycles. The molecule has 0 fully saturated rings. The molecule has 2 N–H and O–H groups in total. The summed E-state index contributed by atoms with van der Waals surface area (Å²) in [6.45, 7) is 6.05. The van der Waals surface area contributed by atoms with E-state index in [1.165, 1.54) is 5.56 Å². The van der Waals surface area contributed by atoms with Crippen LogP contribution in [-0.4, -0.2) is 31.6 Å². The van der Waals surface area contributed by atoms with E-state index in [1.807, 2.05) is 45.2 Å². The number of carbonyl (C=O) groups excluding carboxylic acids is 1. The van der Waals surface area contributed by atoms with E-state index in [4.69, 9.17) is 4.74 Å². The third kappa shape index (κ3) is 6.25. The second-order valence-electron chi connectivity index (χ2n) is 5.05. The average Bonchev–Trinajstić information content (AvgIpc) is 2.37. The summed E-state index contributed by atoms with van der Waals surface area (Å²) in [5.74, 6) is 0.627. The van der Waals surface area contributed by atoms with Gasteiger partial charge in [0, 0.05) is 12.1 Å². The van der Waals surface area contributed by atoms with Gasteiger partial charge in [-0.15, -0.1) is 0 Å². The zero-order valence-electron chi connectivity index (χ0n) is 12.2. The summed E-state index contributed by atoms with van der Waals surface area (Å²) < 4.78 is 5.43. The Labute approximate surface area is 115 Å². The lowest BCUT2D eigenvalue weighted by atomic mass is 10.1. The minimum Gasteiger partial charge on any atom is -0.484 e. The third-order valence-corrected chi connectivity index (χ3v) is 2.78. The van der Waals surface area contributed by atoms with Gasteiger partial charge in [0.15, 0.2) is 6.61 Å². The van der Waals surface area contributed by atoms with Crippen LogP contribution < -0.4 is 15.4 Å². The van der Waals surface area contributed by atoms with Crippen molar-refractivity contribution in [2.24, 2.45) is 0 Å². The molecule has 1 rings (SSSR count). The van der Waals surface area contributed by atoms with Crippen LogP contribution in [0.25, 0.3) is 0 Å². The van der Waals surface area contributed by atoms with Crippen molar-refractivity contribution >= 4 is 5.91 Å². The summed E-state index contributed by atoms with van der Waals surface area (Å²) >= 11 is 0. The average molecular weight is 264 g/mol. The normalized spacial score (nSPS) is 12.3. The molecule has 4 nitrogen and oxygen atoms in total. The maximum Gasteiger partial charge on any atom is 0.258 e. The Kier molecular flexibility index (Phi) is 6.36. The Hall–Kier alpha value is -1.55. The lowest BCUT2D eigenvalue weighted by Crippen LogP contribution is -2.34. The fourth-order valence-electron chi connectivity index (χ4n) is 1.69. The van der Waals surface area contributed by atoms with Crippen LogP contribution in [0, 0.1) is 0 Å². The molecule has 0 saturated carbocycles. The monoisotopic (exact) mass is 264 g/mol. The summed E-state index contributed by atoms with van der Waals surface area (Å²) in [4.78, 5) is 11.4. The highest BCUT2D eigenvalue weighted by molar-refractivity contribution is 5.77. The quantitative estimate of drug-likeness (QED) is 0.788. The van der Waals surface area contributed by atoms with Crippen LogP contribution in [0.15, 0.2) is 24.3 Å². The van der Waals surface area contributed by atoms with Gasteiger partial charge in [0.05, 0.1) is 0 Å². The Morgan fingerprint density at radius 1 is 1.21 bits per heavy atom. The highest BCUT2D eigenvalue weighted by Gasteiger charge is 2.05. The Balaban J connectivity index is 2.42. The highest BCUT2D eigenvalue weighted by atomic mass is 16.5. The first-order chi connectivity index (χ1) is 9.01. The van der Waals surface area contributed by atoms with Crippen LogP contribution in [0.1, 0.15) is 26.3 Å². The molecule has 0 saturated heterocycles. The number of nitrogens with one attached hydrogen (secondary N) is 2. The number of rotatable bonds is 7. The molecular weight excluding hydrogens is 240 g/mol. The van der Waals surface area contributed by atoms with Gasteiger partial charge in [-0.05, 0) is 51.9 Å². The van der Waals surface area contributed by atoms with Crippen molar-refractivity contribution in [3.05, 3.63) is 29.8 Å². The predicted molar refractivity (Wildman–Crippen MR) is 77.4 cm³/mol. The molecule has 1 atom stereocenters. The Morgan fingerprint density at radius 3 is 2.37 bits per heavy atom. The highest BCUT2D eigenvalue weighted by Crippen LogP contribution is 2.13. The smallest absolute Gasteiger partial charge is 0.258 e. The molecule has 4 heteroatoms. The number of hydrogen-bond acceptors (Lipinski definition) is 3. The number of carbonyl (C=O) groups is 1. The van der Waals surface area contributed by atoms with Crippen molar-refractivity contribution in [1.82, 2.24) is 10.6 Å². The maximum absolute atomic E-state index is 11.4. The first-order valence-corrected chi connectivity index (χ1v) is 6.69. The molecular formula is C15H24N2O2. The lowest BCUT2D eigenvalue weighted by Gasteiger charge is -2.12. The molecule has 0 bridgehead atoms. The molecule has 19 heavy (non-hydrogen) atoms.